The standard InChI is InChI=1S/C24H42N2O2/c1-2-3-4-12-17-24(28-23-16-20-26)18-13-10-8-6-5-7-9-11-14-21-27-22-15-19-25/h10,13,24H,2-9,11-12,14-18,21-23H2,1H3. The topological polar surface area (TPSA) is 66.0 Å². The lowest BCUT2D eigenvalue weighted by Gasteiger charge is -2.15. The van der Waals surface area contributed by atoms with Crippen molar-refractivity contribution in [3.8, 4) is 12.1 Å². The molecule has 28 heavy (non-hydrogen) atoms. The number of hydrogen-bond acceptors (Lipinski definition) is 4. The molecule has 0 fully saturated rings. The molecule has 1 unspecified atom stereocenters. The van der Waals surface area contributed by atoms with Crippen molar-refractivity contribution >= 4 is 0 Å². The van der Waals surface area contributed by atoms with Crippen LogP contribution in [-0.4, -0.2) is 25.9 Å². The van der Waals surface area contributed by atoms with Gasteiger partial charge >= 0.3 is 0 Å². The molecule has 0 aromatic heterocycles. The van der Waals surface area contributed by atoms with Crippen LogP contribution in [0.4, 0.5) is 0 Å². The van der Waals surface area contributed by atoms with Crippen LogP contribution in [0.3, 0.4) is 0 Å². The quantitative estimate of drug-likeness (QED) is 0.158. The average Bonchev–Trinajstić information content (AvgIpc) is 2.71. The van der Waals surface area contributed by atoms with Gasteiger partial charge < -0.3 is 9.47 Å². The predicted molar refractivity (Wildman–Crippen MR) is 116 cm³/mol. The van der Waals surface area contributed by atoms with E-state index in [1.54, 1.807) is 0 Å². The molecule has 0 saturated heterocycles. The van der Waals surface area contributed by atoms with Crippen molar-refractivity contribution in [2.24, 2.45) is 0 Å². The fraction of sp³-hybridized carbons (Fsp3) is 0.833. The van der Waals surface area contributed by atoms with Crippen molar-refractivity contribution < 1.29 is 9.47 Å². The molecule has 1 atom stereocenters. The van der Waals surface area contributed by atoms with E-state index in [0.717, 1.165) is 32.3 Å². The Morgan fingerprint density at radius 3 is 2.18 bits per heavy atom. The number of hydrogen-bond donors (Lipinski definition) is 0. The molecular formula is C24H42N2O2. The molecule has 0 aromatic rings. The number of allylic oxidation sites excluding steroid dienone is 1. The number of nitriles is 2. The number of nitrogens with zero attached hydrogens (tertiary/aromatic N) is 2. The fourth-order valence-electron chi connectivity index (χ4n) is 3.10. The molecule has 0 aliphatic carbocycles. The minimum absolute atomic E-state index is 0.275. The Morgan fingerprint density at radius 1 is 0.750 bits per heavy atom. The third-order valence-corrected chi connectivity index (χ3v) is 4.78. The van der Waals surface area contributed by atoms with Gasteiger partial charge in [-0.05, 0) is 32.1 Å². The van der Waals surface area contributed by atoms with Gasteiger partial charge in [0.25, 0.3) is 0 Å². The zero-order valence-corrected chi connectivity index (χ0v) is 18.2. The zero-order valence-electron chi connectivity index (χ0n) is 18.2. The molecule has 0 aromatic carbocycles. The third kappa shape index (κ3) is 20.9. The van der Waals surface area contributed by atoms with E-state index < -0.39 is 0 Å². The summed E-state index contributed by atoms with van der Waals surface area (Å²) in [4.78, 5) is 0. The van der Waals surface area contributed by atoms with E-state index in [-0.39, 0.29) is 6.10 Å². The highest BCUT2D eigenvalue weighted by atomic mass is 16.5. The van der Waals surface area contributed by atoms with Crippen LogP contribution in [-0.2, 0) is 9.47 Å². The lowest BCUT2D eigenvalue weighted by atomic mass is 10.1. The largest absolute Gasteiger partial charge is 0.380 e. The normalized spacial score (nSPS) is 12.1. The molecule has 0 bridgehead atoms. The van der Waals surface area contributed by atoms with Gasteiger partial charge in [0.2, 0.25) is 0 Å². The molecule has 0 aliphatic rings. The Kier molecular flexibility index (Phi) is 22.5. The van der Waals surface area contributed by atoms with Gasteiger partial charge in [-0.1, -0.05) is 70.4 Å². The summed E-state index contributed by atoms with van der Waals surface area (Å²) in [6.07, 6.45) is 21.6. The molecule has 0 amide bonds. The monoisotopic (exact) mass is 390 g/mol. The van der Waals surface area contributed by atoms with Crippen molar-refractivity contribution in [2.75, 3.05) is 19.8 Å². The molecule has 0 radical (unpaired) electrons. The van der Waals surface area contributed by atoms with Crippen molar-refractivity contribution in [3.05, 3.63) is 12.2 Å². The van der Waals surface area contributed by atoms with Crippen LogP contribution in [0.1, 0.15) is 103 Å². The van der Waals surface area contributed by atoms with Gasteiger partial charge in [-0.15, -0.1) is 0 Å². The smallest absolute Gasteiger partial charge is 0.0645 e. The molecule has 4 nitrogen and oxygen atoms in total. The van der Waals surface area contributed by atoms with Crippen molar-refractivity contribution in [1.29, 1.82) is 10.5 Å². The summed E-state index contributed by atoms with van der Waals surface area (Å²) in [6, 6.07) is 4.25. The first-order chi connectivity index (χ1) is 13.8. The van der Waals surface area contributed by atoms with E-state index in [1.165, 1.54) is 57.8 Å². The molecule has 0 aliphatic heterocycles. The average molecular weight is 391 g/mol. The highest BCUT2D eigenvalue weighted by Gasteiger charge is 2.06. The minimum atomic E-state index is 0.275. The van der Waals surface area contributed by atoms with Crippen molar-refractivity contribution in [1.82, 2.24) is 0 Å². The molecule has 0 rings (SSSR count). The minimum Gasteiger partial charge on any atom is -0.380 e. The zero-order chi connectivity index (χ0) is 20.5. The summed E-state index contributed by atoms with van der Waals surface area (Å²) < 4.78 is 11.3. The van der Waals surface area contributed by atoms with Gasteiger partial charge in [0.05, 0.1) is 44.3 Å². The Bertz CT molecular complexity index is 423. The summed E-state index contributed by atoms with van der Waals surface area (Å²) in [5, 5.41) is 17.1. The lowest BCUT2D eigenvalue weighted by Crippen LogP contribution is -2.13. The van der Waals surface area contributed by atoms with Gasteiger partial charge in [-0.2, -0.15) is 10.5 Å². The third-order valence-electron chi connectivity index (χ3n) is 4.78. The van der Waals surface area contributed by atoms with E-state index in [9.17, 15) is 0 Å². The lowest BCUT2D eigenvalue weighted by molar-refractivity contribution is 0.0514. The first-order valence-corrected chi connectivity index (χ1v) is 11.4. The first-order valence-electron chi connectivity index (χ1n) is 11.4. The van der Waals surface area contributed by atoms with Crippen LogP contribution in [0, 0.1) is 22.7 Å². The van der Waals surface area contributed by atoms with Gasteiger partial charge in [-0.25, -0.2) is 0 Å². The number of ether oxygens (including phenoxy) is 2. The number of rotatable bonds is 21. The van der Waals surface area contributed by atoms with E-state index in [4.69, 9.17) is 20.0 Å². The van der Waals surface area contributed by atoms with Crippen molar-refractivity contribution in [2.45, 2.75) is 109 Å². The summed E-state index contributed by atoms with van der Waals surface area (Å²) in [5.41, 5.74) is 0. The molecule has 4 heteroatoms. The second-order valence-corrected chi connectivity index (χ2v) is 7.39. The Morgan fingerprint density at radius 2 is 1.43 bits per heavy atom. The maximum Gasteiger partial charge on any atom is 0.0645 e. The van der Waals surface area contributed by atoms with Crippen LogP contribution in [0.15, 0.2) is 12.2 Å². The number of unbranched alkanes of at least 4 members (excludes halogenated alkanes) is 9. The van der Waals surface area contributed by atoms with Crippen LogP contribution < -0.4 is 0 Å². The Labute approximate surface area is 173 Å². The Balaban J connectivity index is 3.59. The first kappa shape index (κ1) is 26.6. The van der Waals surface area contributed by atoms with Crippen LogP contribution in [0.2, 0.25) is 0 Å². The van der Waals surface area contributed by atoms with Gasteiger partial charge in [-0.3, -0.25) is 0 Å². The Hall–Kier alpha value is -1.36. The summed E-state index contributed by atoms with van der Waals surface area (Å²) in [6.45, 7) is 4.16. The maximum absolute atomic E-state index is 8.67. The molecule has 160 valence electrons. The van der Waals surface area contributed by atoms with Gasteiger partial charge in [0.1, 0.15) is 0 Å². The van der Waals surface area contributed by atoms with Gasteiger partial charge in [0.15, 0.2) is 0 Å². The molecule has 0 heterocycles. The van der Waals surface area contributed by atoms with Gasteiger partial charge in [0, 0.05) is 6.61 Å². The molecule has 0 saturated carbocycles. The molecular weight excluding hydrogens is 348 g/mol. The SMILES string of the molecule is CCCCCCC(CC=CCCCCCCCCOCCC#N)OCCC#N. The van der Waals surface area contributed by atoms with E-state index >= 15 is 0 Å². The fourth-order valence-corrected chi connectivity index (χ4v) is 3.10. The van der Waals surface area contributed by atoms with E-state index in [2.05, 4.69) is 31.2 Å². The summed E-state index contributed by atoms with van der Waals surface area (Å²) >= 11 is 0. The van der Waals surface area contributed by atoms with Crippen LogP contribution >= 0.6 is 0 Å². The van der Waals surface area contributed by atoms with E-state index in [1.807, 2.05) is 0 Å². The van der Waals surface area contributed by atoms with Crippen molar-refractivity contribution in [3.63, 3.8) is 0 Å². The highest BCUT2D eigenvalue weighted by molar-refractivity contribution is 4.85. The second-order valence-electron chi connectivity index (χ2n) is 7.39. The summed E-state index contributed by atoms with van der Waals surface area (Å²) in [5.74, 6) is 0. The second kappa shape index (κ2) is 23.7. The van der Waals surface area contributed by atoms with E-state index in [0.29, 0.717) is 26.1 Å². The van der Waals surface area contributed by atoms with Crippen LogP contribution in [0.5, 0.6) is 0 Å². The van der Waals surface area contributed by atoms with Crippen LogP contribution in [0.25, 0.3) is 0 Å². The molecule has 0 N–H and O–H groups in total. The maximum atomic E-state index is 8.67. The molecule has 0 spiro atoms. The predicted octanol–water partition coefficient (Wildman–Crippen LogP) is 6.86. The summed E-state index contributed by atoms with van der Waals surface area (Å²) in [7, 11) is 0. The highest BCUT2D eigenvalue weighted by Crippen LogP contribution is 2.13.